The van der Waals surface area contributed by atoms with Gasteiger partial charge in [0.25, 0.3) is 0 Å². The van der Waals surface area contributed by atoms with E-state index in [0.29, 0.717) is 5.92 Å². The molecule has 0 aromatic carbocycles. The molecule has 1 amide bonds. The van der Waals surface area contributed by atoms with Gasteiger partial charge in [-0.3, -0.25) is 9.59 Å². The lowest BCUT2D eigenvalue weighted by molar-refractivity contribution is -0.167. The van der Waals surface area contributed by atoms with Crippen molar-refractivity contribution < 1.29 is 14.3 Å². The number of carbonyl (C=O) groups excluding carboxylic acids is 2. The number of ether oxygens (including phenoxy) is 1. The number of fused-ring (bicyclic) bond motifs is 2. The van der Waals surface area contributed by atoms with Crippen LogP contribution in [0.15, 0.2) is 0 Å². The van der Waals surface area contributed by atoms with Crippen molar-refractivity contribution in [1.82, 2.24) is 4.90 Å². The van der Waals surface area contributed by atoms with Crippen LogP contribution in [0.2, 0.25) is 0 Å². The van der Waals surface area contributed by atoms with E-state index < -0.39 is 5.72 Å². The van der Waals surface area contributed by atoms with Crippen LogP contribution in [-0.2, 0) is 14.3 Å². The zero-order valence-corrected chi connectivity index (χ0v) is 9.47. The Hall–Kier alpha value is -0.900. The van der Waals surface area contributed by atoms with Crippen molar-refractivity contribution in [3.05, 3.63) is 0 Å². The zero-order valence-electron chi connectivity index (χ0n) is 9.47. The number of likely N-dealkylation sites (tertiary alicyclic amines) is 1. The molecule has 2 saturated carbocycles. The molecule has 6 unspecified atom stereocenters. The molecule has 0 spiro atoms. The smallest absolute Gasteiger partial charge is 0.228 e. The summed E-state index contributed by atoms with van der Waals surface area (Å²) in [4.78, 5) is 26.0. The van der Waals surface area contributed by atoms with Gasteiger partial charge in [0.2, 0.25) is 5.91 Å². The van der Waals surface area contributed by atoms with E-state index in [-0.39, 0.29) is 35.5 Å². The average Bonchev–Trinajstić information content (AvgIpc) is 2.91. The van der Waals surface area contributed by atoms with Crippen LogP contribution in [0.1, 0.15) is 19.8 Å². The molecular weight excluding hydrogens is 206 g/mol. The van der Waals surface area contributed by atoms with Crippen LogP contribution in [0.4, 0.5) is 0 Å². The van der Waals surface area contributed by atoms with Gasteiger partial charge in [-0.05, 0) is 12.8 Å². The van der Waals surface area contributed by atoms with E-state index in [1.165, 1.54) is 0 Å². The molecule has 0 N–H and O–H groups in total. The number of hydrogen-bond acceptors (Lipinski definition) is 3. The first-order valence-corrected chi connectivity index (χ1v) is 6.11. The Morgan fingerprint density at radius 2 is 2.25 bits per heavy atom. The van der Waals surface area contributed by atoms with Crippen molar-refractivity contribution in [3.63, 3.8) is 0 Å². The highest BCUT2D eigenvalue weighted by Crippen LogP contribution is 2.66. The van der Waals surface area contributed by atoms with Crippen molar-refractivity contribution in [2.75, 3.05) is 7.05 Å². The maximum absolute atomic E-state index is 12.2. The summed E-state index contributed by atoms with van der Waals surface area (Å²) >= 11 is 0. The maximum Gasteiger partial charge on any atom is 0.228 e. The quantitative estimate of drug-likeness (QED) is 0.644. The van der Waals surface area contributed by atoms with E-state index in [0.717, 1.165) is 12.8 Å². The predicted molar refractivity (Wildman–Crippen MR) is 54.2 cm³/mol. The van der Waals surface area contributed by atoms with E-state index in [1.54, 1.807) is 4.90 Å². The van der Waals surface area contributed by atoms with Crippen molar-refractivity contribution in [1.29, 1.82) is 0 Å². The van der Waals surface area contributed by atoms with Crippen molar-refractivity contribution in [2.24, 2.45) is 23.7 Å². The Morgan fingerprint density at radius 3 is 2.94 bits per heavy atom. The summed E-state index contributed by atoms with van der Waals surface area (Å²) in [7, 11) is 1.83. The van der Waals surface area contributed by atoms with Gasteiger partial charge in [-0.1, -0.05) is 6.92 Å². The van der Waals surface area contributed by atoms with Crippen LogP contribution in [-0.4, -0.2) is 35.5 Å². The molecule has 4 heteroatoms. The minimum absolute atomic E-state index is 0.0362. The van der Waals surface area contributed by atoms with E-state index in [2.05, 4.69) is 6.92 Å². The molecule has 4 nitrogen and oxygen atoms in total. The van der Waals surface area contributed by atoms with Gasteiger partial charge in [-0.2, -0.15) is 0 Å². The molecule has 4 rings (SSSR count). The van der Waals surface area contributed by atoms with E-state index in [4.69, 9.17) is 4.74 Å². The molecule has 2 aliphatic heterocycles. The van der Waals surface area contributed by atoms with Gasteiger partial charge < -0.3 is 9.64 Å². The molecule has 2 bridgehead atoms. The van der Waals surface area contributed by atoms with Crippen LogP contribution in [0.5, 0.6) is 0 Å². The highest BCUT2D eigenvalue weighted by Gasteiger charge is 2.77. The summed E-state index contributed by atoms with van der Waals surface area (Å²) in [5.74, 6) is 0.819. The Balaban J connectivity index is 1.94. The third-order valence-electron chi connectivity index (χ3n) is 5.38. The summed E-state index contributed by atoms with van der Waals surface area (Å²) in [5.41, 5.74) is -0.460. The lowest BCUT2D eigenvalue weighted by atomic mass is 9.77. The number of rotatable bonds is 1. The van der Waals surface area contributed by atoms with Gasteiger partial charge in [0.15, 0.2) is 5.78 Å². The molecule has 2 aliphatic carbocycles. The fourth-order valence-electron chi connectivity index (χ4n) is 4.78. The minimum Gasteiger partial charge on any atom is -0.344 e. The van der Waals surface area contributed by atoms with Crippen molar-refractivity contribution in [2.45, 2.75) is 31.6 Å². The zero-order chi connectivity index (χ0) is 11.2. The Kier molecular flexibility index (Phi) is 1.34. The van der Waals surface area contributed by atoms with Crippen LogP contribution >= 0.6 is 0 Å². The molecule has 0 radical (unpaired) electrons. The summed E-state index contributed by atoms with van der Waals surface area (Å²) in [6.45, 7) is 2.05. The summed E-state index contributed by atoms with van der Waals surface area (Å²) in [6.07, 6.45) is 1.48. The van der Waals surface area contributed by atoms with E-state index in [9.17, 15) is 9.59 Å². The first kappa shape index (κ1) is 9.16. The number of amides is 1. The van der Waals surface area contributed by atoms with Gasteiger partial charge in [0, 0.05) is 24.8 Å². The minimum atomic E-state index is -0.460. The van der Waals surface area contributed by atoms with Gasteiger partial charge >= 0.3 is 0 Å². The fourth-order valence-corrected chi connectivity index (χ4v) is 4.78. The number of Topliss-reactive ketones (excluding diaryl/α,β-unsaturated/α-hetero) is 1. The SMILES string of the molecule is CCC12OC3C(=O)C4CC3C1C4C(=O)N2C. The molecule has 2 heterocycles. The Labute approximate surface area is 93.9 Å². The van der Waals surface area contributed by atoms with Crippen molar-refractivity contribution >= 4 is 11.7 Å². The van der Waals surface area contributed by atoms with Crippen LogP contribution in [0, 0.1) is 23.7 Å². The second kappa shape index (κ2) is 2.35. The first-order chi connectivity index (χ1) is 7.62. The largest absolute Gasteiger partial charge is 0.344 e. The first-order valence-electron chi connectivity index (χ1n) is 6.11. The summed E-state index contributed by atoms with van der Waals surface area (Å²) in [6, 6.07) is 0. The van der Waals surface area contributed by atoms with Crippen LogP contribution < -0.4 is 0 Å². The maximum atomic E-state index is 12.2. The normalized spacial score (nSPS) is 56.9. The third kappa shape index (κ3) is 0.632. The predicted octanol–water partition coefficient (Wildman–Crippen LogP) is 0.415. The van der Waals surface area contributed by atoms with E-state index >= 15 is 0 Å². The molecule has 6 atom stereocenters. The average molecular weight is 221 g/mol. The fraction of sp³-hybridized carbons (Fsp3) is 0.833. The highest BCUT2D eigenvalue weighted by atomic mass is 16.5. The van der Waals surface area contributed by atoms with Gasteiger partial charge in [0.05, 0.1) is 5.92 Å². The molecule has 4 fully saturated rings. The number of nitrogens with zero attached hydrogens (tertiary/aromatic N) is 1. The van der Waals surface area contributed by atoms with E-state index in [1.807, 2.05) is 7.05 Å². The third-order valence-corrected chi connectivity index (χ3v) is 5.38. The second-order valence-electron chi connectivity index (χ2n) is 5.59. The molecule has 0 aromatic rings. The topological polar surface area (TPSA) is 46.6 Å². The second-order valence-corrected chi connectivity index (χ2v) is 5.59. The van der Waals surface area contributed by atoms with Crippen molar-refractivity contribution in [3.8, 4) is 0 Å². The van der Waals surface area contributed by atoms with Crippen LogP contribution in [0.25, 0.3) is 0 Å². The standard InChI is InChI=1S/C12H15NO3/c1-3-12-8-6-4-5(9(14)10(6)16-12)7(8)11(15)13(12)2/h5-8,10H,3-4H2,1-2H3. The molecule has 86 valence electrons. The van der Waals surface area contributed by atoms with Gasteiger partial charge in [0.1, 0.15) is 11.8 Å². The molecule has 2 saturated heterocycles. The van der Waals surface area contributed by atoms with Crippen LogP contribution in [0.3, 0.4) is 0 Å². The Bertz CT molecular complexity index is 420. The van der Waals surface area contributed by atoms with Gasteiger partial charge in [-0.25, -0.2) is 0 Å². The molecule has 4 aliphatic rings. The molecule has 0 aromatic heterocycles. The monoisotopic (exact) mass is 221 g/mol. The Morgan fingerprint density at radius 1 is 1.50 bits per heavy atom. The molecular formula is C12H15NO3. The van der Waals surface area contributed by atoms with Gasteiger partial charge in [-0.15, -0.1) is 0 Å². The highest BCUT2D eigenvalue weighted by molar-refractivity contribution is 5.98. The summed E-state index contributed by atoms with van der Waals surface area (Å²) < 4.78 is 6.02. The lowest BCUT2D eigenvalue weighted by Crippen LogP contribution is -2.47. The molecule has 16 heavy (non-hydrogen) atoms. The lowest BCUT2D eigenvalue weighted by Gasteiger charge is -2.34. The number of carbonyl (C=O) groups is 2. The number of hydrogen-bond donors (Lipinski definition) is 0. The number of ketones is 1. The summed E-state index contributed by atoms with van der Waals surface area (Å²) in [5, 5.41) is 0.